The highest BCUT2D eigenvalue weighted by Gasteiger charge is 2.20. The Morgan fingerprint density at radius 3 is 3.40 bits per heavy atom. The van der Waals surface area contributed by atoms with E-state index in [2.05, 4.69) is 16.7 Å². The van der Waals surface area contributed by atoms with Gasteiger partial charge in [0, 0.05) is 19.6 Å². The molecule has 1 fully saturated rings. The predicted molar refractivity (Wildman–Crippen MR) is 41.9 cm³/mol. The molecule has 0 saturated carbocycles. The minimum atomic E-state index is 0.843. The Kier molecular flexibility index (Phi) is 1.74. The van der Waals surface area contributed by atoms with Crippen LogP contribution in [0.2, 0.25) is 0 Å². The van der Waals surface area contributed by atoms with Crippen LogP contribution in [-0.2, 0) is 0 Å². The van der Waals surface area contributed by atoms with Gasteiger partial charge >= 0.3 is 0 Å². The monoisotopic (exact) mass is 138 g/mol. The average molecular weight is 138 g/mol. The van der Waals surface area contributed by atoms with Crippen LogP contribution in [0.4, 0.5) is 0 Å². The summed E-state index contributed by atoms with van der Waals surface area (Å²) in [5, 5.41) is 6.77. The van der Waals surface area contributed by atoms with Crippen LogP contribution in [0.3, 0.4) is 0 Å². The summed E-state index contributed by atoms with van der Waals surface area (Å²) in [7, 11) is 0. The zero-order chi connectivity index (χ0) is 6.81. The third-order valence-electron chi connectivity index (χ3n) is 2.42. The van der Waals surface area contributed by atoms with Crippen molar-refractivity contribution in [3.05, 3.63) is 11.6 Å². The third kappa shape index (κ3) is 1.09. The van der Waals surface area contributed by atoms with Crippen LogP contribution >= 0.6 is 0 Å². The van der Waals surface area contributed by atoms with E-state index in [0.29, 0.717) is 0 Å². The van der Waals surface area contributed by atoms with Crippen molar-refractivity contribution in [3.63, 3.8) is 0 Å². The molecule has 0 bridgehead atoms. The molecule has 2 nitrogen and oxygen atoms in total. The number of hydrogen-bond donors (Lipinski definition) is 2. The van der Waals surface area contributed by atoms with Gasteiger partial charge in [0.05, 0.1) is 0 Å². The molecule has 1 atom stereocenters. The maximum absolute atomic E-state index is 3.40. The largest absolute Gasteiger partial charge is 0.313 e. The van der Waals surface area contributed by atoms with Crippen molar-refractivity contribution in [1.82, 2.24) is 10.6 Å². The van der Waals surface area contributed by atoms with E-state index >= 15 is 0 Å². The summed E-state index contributed by atoms with van der Waals surface area (Å²) in [6.07, 6.45) is 3.66. The van der Waals surface area contributed by atoms with E-state index in [4.69, 9.17) is 0 Å². The summed E-state index contributed by atoms with van der Waals surface area (Å²) < 4.78 is 0. The lowest BCUT2D eigenvalue weighted by molar-refractivity contribution is 0.577. The van der Waals surface area contributed by atoms with Gasteiger partial charge in [0.15, 0.2) is 0 Å². The second kappa shape index (κ2) is 2.72. The Balaban J connectivity index is 2.10. The first kappa shape index (κ1) is 6.38. The van der Waals surface area contributed by atoms with Crippen LogP contribution in [-0.4, -0.2) is 26.2 Å². The van der Waals surface area contributed by atoms with Crippen LogP contribution in [0.1, 0.15) is 6.42 Å². The first-order valence-electron chi connectivity index (χ1n) is 4.07. The Hall–Kier alpha value is -0.340. The fourth-order valence-electron chi connectivity index (χ4n) is 1.77. The molecule has 0 aliphatic carbocycles. The summed E-state index contributed by atoms with van der Waals surface area (Å²) in [6, 6.07) is 0. The molecule has 2 rings (SSSR count). The zero-order valence-electron chi connectivity index (χ0n) is 6.19. The van der Waals surface area contributed by atoms with Crippen LogP contribution in [0.15, 0.2) is 11.6 Å². The third-order valence-corrected chi connectivity index (χ3v) is 2.42. The summed E-state index contributed by atoms with van der Waals surface area (Å²) >= 11 is 0. The van der Waals surface area contributed by atoms with Crippen molar-refractivity contribution in [1.29, 1.82) is 0 Å². The average Bonchev–Trinajstić information content (AvgIpc) is 2.28. The van der Waals surface area contributed by atoms with Gasteiger partial charge < -0.3 is 10.6 Å². The second-order valence-electron chi connectivity index (χ2n) is 3.10. The SMILES string of the molecule is C1=C2CNC[C@@H]2CCNC1. The quantitative estimate of drug-likeness (QED) is 0.465. The molecule has 0 radical (unpaired) electrons. The van der Waals surface area contributed by atoms with Crippen molar-refractivity contribution in [2.75, 3.05) is 26.2 Å². The molecule has 0 unspecified atom stereocenters. The lowest BCUT2D eigenvalue weighted by Crippen LogP contribution is -2.17. The van der Waals surface area contributed by atoms with Crippen molar-refractivity contribution in [3.8, 4) is 0 Å². The molecule has 2 aliphatic rings. The van der Waals surface area contributed by atoms with Crippen molar-refractivity contribution in [2.45, 2.75) is 6.42 Å². The summed E-state index contributed by atoms with van der Waals surface area (Å²) in [6.45, 7) is 4.60. The second-order valence-corrected chi connectivity index (χ2v) is 3.10. The molecular weight excluding hydrogens is 124 g/mol. The topological polar surface area (TPSA) is 24.1 Å². The van der Waals surface area contributed by atoms with Crippen LogP contribution < -0.4 is 10.6 Å². The minimum absolute atomic E-state index is 0.843. The summed E-state index contributed by atoms with van der Waals surface area (Å²) in [5.74, 6) is 0.843. The molecule has 56 valence electrons. The number of hydrogen-bond acceptors (Lipinski definition) is 2. The fourth-order valence-corrected chi connectivity index (χ4v) is 1.77. The molecule has 2 heteroatoms. The smallest absolute Gasteiger partial charge is 0.0168 e. The molecule has 2 N–H and O–H groups in total. The minimum Gasteiger partial charge on any atom is -0.313 e. The van der Waals surface area contributed by atoms with E-state index in [-0.39, 0.29) is 0 Å². The summed E-state index contributed by atoms with van der Waals surface area (Å²) in [4.78, 5) is 0. The maximum atomic E-state index is 3.40. The van der Waals surface area contributed by atoms with Crippen LogP contribution in [0.5, 0.6) is 0 Å². The number of rotatable bonds is 0. The Labute approximate surface area is 61.7 Å². The molecule has 10 heavy (non-hydrogen) atoms. The number of fused-ring (bicyclic) bond motifs is 1. The molecule has 2 heterocycles. The van der Waals surface area contributed by atoms with Gasteiger partial charge in [-0.05, 0) is 18.9 Å². The standard InChI is InChI=1S/C8H14N2/c1-3-9-4-2-8-6-10-5-7(1)8/h1,8-10H,2-6H2/t8-/m0/s1. The first-order valence-corrected chi connectivity index (χ1v) is 4.07. The molecule has 2 aliphatic heterocycles. The van der Waals surface area contributed by atoms with E-state index < -0.39 is 0 Å². The maximum Gasteiger partial charge on any atom is 0.0168 e. The lowest BCUT2D eigenvalue weighted by atomic mass is 10.0. The van der Waals surface area contributed by atoms with Crippen LogP contribution in [0.25, 0.3) is 0 Å². The zero-order valence-corrected chi connectivity index (χ0v) is 6.19. The van der Waals surface area contributed by atoms with Gasteiger partial charge in [-0.1, -0.05) is 11.6 Å². The Morgan fingerprint density at radius 1 is 1.40 bits per heavy atom. The van der Waals surface area contributed by atoms with Crippen molar-refractivity contribution < 1.29 is 0 Å². The molecular formula is C8H14N2. The van der Waals surface area contributed by atoms with Crippen LogP contribution in [0, 0.1) is 5.92 Å². The van der Waals surface area contributed by atoms with Gasteiger partial charge in [-0.15, -0.1) is 0 Å². The highest BCUT2D eigenvalue weighted by Crippen LogP contribution is 2.19. The fraction of sp³-hybridized carbons (Fsp3) is 0.750. The van der Waals surface area contributed by atoms with E-state index in [1.54, 1.807) is 5.57 Å². The Bertz CT molecular complexity index is 151. The van der Waals surface area contributed by atoms with Gasteiger partial charge in [0.1, 0.15) is 0 Å². The van der Waals surface area contributed by atoms with E-state index in [1.807, 2.05) is 0 Å². The van der Waals surface area contributed by atoms with E-state index in [9.17, 15) is 0 Å². The Morgan fingerprint density at radius 2 is 2.40 bits per heavy atom. The van der Waals surface area contributed by atoms with Gasteiger partial charge in [0.2, 0.25) is 0 Å². The van der Waals surface area contributed by atoms with E-state index in [1.165, 1.54) is 19.5 Å². The van der Waals surface area contributed by atoms with E-state index in [0.717, 1.165) is 19.0 Å². The van der Waals surface area contributed by atoms with Crippen molar-refractivity contribution in [2.24, 2.45) is 5.92 Å². The highest BCUT2D eigenvalue weighted by molar-refractivity contribution is 5.15. The highest BCUT2D eigenvalue weighted by atomic mass is 14.9. The van der Waals surface area contributed by atoms with Gasteiger partial charge in [-0.25, -0.2) is 0 Å². The first-order chi connectivity index (χ1) is 4.97. The normalized spacial score (nSPS) is 32.8. The van der Waals surface area contributed by atoms with Gasteiger partial charge in [0.25, 0.3) is 0 Å². The number of nitrogens with one attached hydrogen (secondary N) is 2. The van der Waals surface area contributed by atoms with Gasteiger partial charge in [-0.3, -0.25) is 0 Å². The molecule has 0 aromatic heterocycles. The lowest BCUT2D eigenvalue weighted by Gasteiger charge is -2.05. The molecule has 0 aromatic rings. The molecule has 0 spiro atoms. The predicted octanol–water partition coefficient (Wildman–Crippen LogP) is 0.125. The molecule has 0 aromatic carbocycles. The van der Waals surface area contributed by atoms with Gasteiger partial charge in [-0.2, -0.15) is 0 Å². The molecule has 0 amide bonds. The van der Waals surface area contributed by atoms with Crippen molar-refractivity contribution >= 4 is 0 Å². The summed E-state index contributed by atoms with van der Waals surface area (Å²) in [5.41, 5.74) is 1.63. The molecule has 1 saturated heterocycles.